The molecule has 9 nitrogen and oxygen atoms in total. The molecule has 0 aromatic heterocycles. The molecule has 256 valence electrons. The van der Waals surface area contributed by atoms with Gasteiger partial charge in [-0.3, -0.25) is 14.1 Å². The molecule has 1 aliphatic heterocycles. The van der Waals surface area contributed by atoms with E-state index in [1.54, 1.807) is 11.0 Å². The van der Waals surface area contributed by atoms with Gasteiger partial charge in [-0.15, -0.1) is 0 Å². The van der Waals surface area contributed by atoms with Gasteiger partial charge in [0, 0.05) is 61.2 Å². The molecule has 1 aliphatic carbocycles. The number of hydrogen-bond acceptors (Lipinski definition) is 7. The topological polar surface area (TPSA) is 121 Å². The maximum atomic E-state index is 13.3. The van der Waals surface area contributed by atoms with Crippen LogP contribution in [-0.4, -0.2) is 60.7 Å². The van der Waals surface area contributed by atoms with E-state index in [2.05, 4.69) is 18.7 Å². The summed E-state index contributed by atoms with van der Waals surface area (Å²) in [6.45, 7) is 6.60. The highest BCUT2D eigenvalue weighted by Crippen LogP contribution is 2.31. The van der Waals surface area contributed by atoms with Crippen LogP contribution in [0.15, 0.2) is 57.7 Å². The minimum Gasteiger partial charge on any atom is -0.453 e. The van der Waals surface area contributed by atoms with Crippen LogP contribution in [0.1, 0.15) is 97.3 Å². The molecule has 4 rings (SSSR count). The van der Waals surface area contributed by atoms with Gasteiger partial charge in [-0.05, 0) is 38.3 Å². The van der Waals surface area contributed by atoms with Crippen LogP contribution in [0.2, 0.25) is 0 Å². The predicted octanol–water partition coefficient (Wildman–Crippen LogP) is 8.08. The molecule has 0 spiro atoms. The lowest BCUT2D eigenvalue weighted by Crippen LogP contribution is -2.34. The first-order valence-corrected chi connectivity index (χ1v) is 19.1. The summed E-state index contributed by atoms with van der Waals surface area (Å²) in [4.78, 5) is 34.7. The maximum Gasteiger partial charge on any atom is 0.264 e. The van der Waals surface area contributed by atoms with Gasteiger partial charge in [-0.2, -0.15) is 8.42 Å². The number of benzene rings is 3. The third kappa shape index (κ3) is 11.0. The van der Waals surface area contributed by atoms with Crippen molar-refractivity contribution < 1.29 is 22.2 Å². The largest absolute Gasteiger partial charge is 0.453 e. The van der Waals surface area contributed by atoms with E-state index in [-0.39, 0.29) is 23.5 Å². The second kappa shape index (κ2) is 18.2. The third-order valence-electron chi connectivity index (χ3n) is 8.87. The normalized spacial score (nSPS) is 11.9. The Morgan fingerprint density at radius 2 is 1.47 bits per heavy atom. The van der Waals surface area contributed by atoms with E-state index in [9.17, 15) is 22.6 Å². The van der Waals surface area contributed by atoms with Crippen molar-refractivity contribution in [2.45, 2.75) is 97.3 Å². The zero-order valence-electron chi connectivity index (χ0n) is 28.1. The summed E-state index contributed by atoms with van der Waals surface area (Å²) in [6.07, 6.45) is 13.2. The first-order valence-electron chi connectivity index (χ1n) is 17.4. The molecular weight excluding hydrogens is 614 g/mol. The summed E-state index contributed by atoms with van der Waals surface area (Å²) in [5.41, 5.74) is 2.78. The molecule has 2 aromatic carbocycles. The number of unbranched alkanes of at least 4 members (excludes halogenated alkanes) is 9. The summed E-state index contributed by atoms with van der Waals surface area (Å²) in [5, 5.41) is 1.38. The van der Waals surface area contributed by atoms with E-state index < -0.39 is 10.1 Å². The molecule has 0 unspecified atom stereocenters. The molecule has 2 aromatic rings. The van der Waals surface area contributed by atoms with Gasteiger partial charge >= 0.3 is 0 Å². The van der Waals surface area contributed by atoms with Crippen molar-refractivity contribution in [3.63, 3.8) is 0 Å². The van der Waals surface area contributed by atoms with Gasteiger partial charge in [-0.1, -0.05) is 89.0 Å². The van der Waals surface area contributed by atoms with Gasteiger partial charge in [0.05, 0.1) is 5.75 Å². The lowest BCUT2D eigenvalue weighted by Gasteiger charge is -2.25. The van der Waals surface area contributed by atoms with Crippen molar-refractivity contribution in [2.75, 3.05) is 36.8 Å². The SMILES string of the molecule is CCCCCCCCCCCCN(CCCS(=O)(=O)O)C(=O)CCCN(CC)c1ccc2nc3c4ccccc4c(=O)cc-3oc2c1. The van der Waals surface area contributed by atoms with Crippen molar-refractivity contribution >= 4 is 43.6 Å². The molecule has 0 saturated carbocycles. The van der Waals surface area contributed by atoms with Crippen LogP contribution < -0.4 is 10.3 Å². The second-order valence-corrected chi connectivity index (χ2v) is 14.1. The quantitative estimate of drug-likeness (QED) is 0.0410. The zero-order chi connectivity index (χ0) is 33.6. The molecular formula is C37H51N3O6S. The molecule has 0 bridgehead atoms. The highest BCUT2D eigenvalue weighted by Gasteiger charge is 2.18. The number of hydrogen-bond donors (Lipinski definition) is 1. The smallest absolute Gasteiger partial charge is 0.264 e. The molecule has 2 aliphatic rings. The average molecular weight is 666 g/mol. The Bertz CT molecular complexity index is 1720. The molecule has 0 fully saturated rings. The molecule has 1 N–H and O–H groups in total. The molecule has 0 radical (unpaired) electrons. The summed E-state index contributed by atoms with van der Waals surface area (Å²) in [5.74, 6) is 0.114. The highest BCUT2D eigenvalue weighted by molar-refractivity contribution is 7.85. The molecule has 1 amide bonds. The minimum atomic E-state index is -4.06. The fourth-order valence-corrected chi connectivity index (χ4v) is 6.74. The van der Waals surface area contributed by atoms with E-state index in [1.165, 1.54) is 51.0 Å². The van der Waals surface area contributed by atoms with Crippen molar-refractivity contribution in [3.05, 3.63) is 58.8 Å². The Morgan fingerprint density at radius 3 is 2.15 bits per heavy atom. The van der Waals surface area contributed by atoms with Crippen LogP contribution in [0, 0.1) is 0 Å². The number of rotatable bonds is 21. The fourth-order valence-electron chi connectivity index (χ4n) is 6.25. The number of fused-ring (bicyclic) bond motifs is 4. The summed E-state index contributed by atoms with van der Waals surface area (Å²) < 4.78 is 37.9. The Hall–Kier alpha value is -3.50. The first kappa shape index (κ1) is 36.3. The number of carbonyl (C=O) groups excluding carboxylic acids is 1. The van der Waals surface area contributed by atoms with Crippen molar-refractivity contribution in [2.24, 2.45) is 0 Å². The highest BCUT2D eigenvalue weighted by atomic mass is 32.2. The third-order valence-corrected chi connectivity index (χ3v) is 9.67. The van der Waals surface area contributed by atoms with Crippen LogP contribution >= 0.6 is 0 Å². The van der Waals surface area contributed by atoms with E-state index >= 15 is 0 Å². The zero-order valence-corrected chi connectivity index (χ0v) is 28.9. The van der Waals surface area contributed by atoms with E-state index in [0.29, 0.717) is 60.4 Å². The molecule has 0 saturated heterocycles. The Kier molecular flexibility index (Phi) is 14.0. The summed E-state index contributed by atoms with van der Waals surface area (Å²) in [6, 6.07) is 14.8. The lowest BCUT2D eigenvalue weighted by atomic mass is 10.0. The first-order chi connectivity index (χ1) is 22.7. The lowest BCUT2D eigenvalue weighted by molar-refractivity contribution is -0.131. The van der Waals surface area contributed by atoms with Gasteiger partial charge < -0.3 is 14.2 Å². The van der Waals surface area contributed by atoms with Crippen molar-refractivity contribution in [1.29, 1.82) is 0 Å². The Morgan fingerprint density at radius 1 is 0.809 bits per heavy atom. The van der Waals surface area contributed by atoms with Crippen LogP contribution in [0.4, 0.5) is 5.69 Å². The maximum absolute atomic E-state index is 13.3. The predicted molar refractivity (Wildman–Crippen MR) is 191 cm³/mol. The standard InChI is InChI=1S/C37H51N3O6S/c1-3-5-6-7-8-9-10-11-12-15-23-40(25-17-26-47(43,44)45)36(42)20-16-24-39(4-2)29-21-22-32-34(27-29)46-35-28-33(41)30-18-13-14-19-31(30)37(35)38-32/h13-14,18-19,21-22,27-28H,3-12,15-17,20,23-26H2,1-2H3,(H,43,44,45). The van der Waals surface area contributed by atoms with Crippen molar-refractivity contribution in [1.82, 2.24) is 9.88 Å². The van der Waals surface area contributed by atoms with E-state index in [4.69, 9.17) is 9.40 Å². The Balaban J connectivity index is 1.32. The molecule has 0 atom stereocenters. The van der Waals surface area contributed by atoms with E-state index in [0.717, 1.165) is 36.9 Å². The van der Waals surface area contributed by atoms with Crippen LogP contribution in [0.3, 0.4) is 0 Å². The second-order valence-electron chi connectivity index (χ2n) is 12.5. The summed E-state index contributed by atoms with van der Waals surface area (Å²) >= 11 is 0. The molecule has 47 heavy (non-hydrogen) atoms. The van der Waals surface area contributed by atoms with Crippen LogP contribution in [0.5, 0.6) is 0 Å². The van der Waals surface area contributed by atoms with Crippen molar-refractivity contribution in [3.8, 4) is 11.5 Å². The van der Waals surface area contributed by atoms with Gasteiger partial charge in [0.1, 0.15) is 11.2 Å². The van der Waals surface area contributed by atoms with Crippen LogP contribution in [0.25, 0.3) is 33.3 Å². The average Bonchev–Trinajstić information content (AvgIpc) is 3.05. The number of anilines is 1. The number of amides is 1. The van der Waals surface area contributed by atoms with E-state index in [1.807, 2.05) is 36.4 Å². The van der Waals surface area contributed by atoms with Gasteiger partial charge in [0.25, 0.3) is 10.1 Å². The number of aromatic nitrogens is 1. The van der Waals surface area contributed by atoms with Gasteiger partial charge in [0.2, 0.25) is 5.91 Å². The number of carbonyl (C=O) groups is 1. The van der Waals surface area contributed by atoms with Gasteiger partial charge in [-0.25, -0.2) is 4.98 Å². The number of nitrogens with zero attached hydrogens (tertiary/aromatic N) is 3. The Labute approximate surface area is 279 Å². The molecule has 10 heteroatoms. The monoisotopic (exact) mass is 665 g/mol. The minimum absolute atomic E-state index is 0.0112. The summed E-state index contributed by atoms with van der Waals surface area (Å²) in [7, 11) is -4.06. The van der Waals surface area contributed by atoms with Gasteiger partial charge in [0.15, 0.2) is 16.8 Å². The fraction of sp³-hybridized carbons (Fsp3) is 0.541. The van der Waals surface area contributed by atoms with Crippen LogP contribution in [-0.2, 0) is 14.9 Å². The molecule has 1 heterocycles.